The van der Waals surface area contributed by atoms with Gasteiger partial charge < -0.3 is 0 Å². The van der Waals surface area contributed by atoms with Gasteiger partial charge in [-0.1, -0.05) is 0 Å². The Morgan fingerprint density at radius 2 is 1.39 bits per heavy atom. The summed E-state index contributed by atoms with van der Waals surface area (Å²) in [7, 11) is 0. The van der Waals surface area contributed by atoms with Crippen molar-refractivity contribution >= 4 is 18.8 Å². The zero-order chi connectivity index (χ0) is 13.7. The maximum atomic E-state index is 6.34. The van der Waals surface area contributed by atoms with E-state index in [9.17, 15) is 0 Å². The van der Waals surface area contributed by atoms with Gasteiger partial charge in [-0.2, -0.15) is 0 Å². The first kappa shape index (κ1) is 18.5. The van der Waals surface area contributed by atoms with Crippen molar-refractivity contribution in [3.05, 3.63) is 10.2 Å². The van der Waals surface area contributed by atoms with E-state index in [4.69, 9.17) is 3.07 Å². The van der Waals surface area contributed by atoms with E-state index in [0.717, 1.165) is 6.61 Å². The predicted octanol–water partition coefficient (Wildman–Crippen LogP) is 5.85. The number of allylic oxidation sites excluding steroid dienone is 1. The average Bonchev–Trinajstić information content (AvgIpc) is 2.39. The molecule has 18 heavy (non-hydrogen) atoms. The van der Waals surface area contributed by atoms with Crippen molar-refractivity contribution in [1.29, 1.82) is 0 Å². The molecule has 0 atom stereocenters. The summed E-state index contributed by atoms with van der Waals surface area (Å²) in [5.41, 5.74) is 0. The standard InChI is InChI=1S/C6H11.2C4H9.C2H5O.Sn/c1-3-5-6-4-2;2*1-3-4-2;1-2-3;/h1,3H,4-6H2,2H3;2*1,3-4H2,2H3;2H2,1H3;/q;;;-1;+1. The molecule has 0 aliphatic rings. The van der Waals surface area contributed by atoms with Crippen molar-refractivity contribution in [1.82, 2.24) is 0 Å². The van der Waals surface area contributed by atoms with E-state index in [0.29, 0.717) is 0 Å². The molecule has 0 radical (unpaired) electrons. The third-order valence-corrected chi connectivity index (χ3v) is 15.2. The summed E-state index contributed by atoms with van der Waals surface area (Å²) in [6, 6.07) is 0. The molecule has 2 heteroatoms. The number of hydrogen-bond donors (Lipinski definition) is 0. The van der Waals surface area contributed by atoms with Crippen LogP contribution in [0.5, 0.6) is 0 Å². The molecule has 0 unspecified atom stereocenters. The van der Waals surface area contributed by atoms with Gasteiger partial charge in [0.2, 0.25) is 0 Å². The molecular formula is C16H34OSn. The Morgan fingerprint density at radius 1 is 0.833 bits per heavy atom. The van der Waals surface area contributed by atoms with Crippen molar-refractivity contribution in [2.24, 2.45) is 0 Å². The Morgan fingerprint density at radius 3 is 1.83 bits per heavy atom. The summed E-state index contributed by atoms with van der Waals surface area (Å²) < 4.78 is 11.7. The van der Waals surface area contributed by atoms with Crippen molar-refractivity contribution in [3.8, 4) is 0 Å². The molecule has 0 aliphatic heterocycles. The molecule has 0 fully saturated rings. The van der Waals surface area contributed by atoms with E-state index in [1.807, 2.05) is 0 Å². The number of unbranched alkanes of at least 4 members (excludes halogenated alkanes) is 4. The summed E-state index contributed by atoms with van der Waals surface area (Å²) in [4.78, 5) is 0. The minimum absolute atomic E-state index is 0.918. The van der Waals surface area contributed by atoms with Gasteiger partial charge in [-0.05, 0) is 0 Å². The Balaban J connectivity index is 4.52. The van der Waals surface area contributed by atoms with Crippen molar-refractivity contribution in [3.63, 3.8) is 0 Å². The summed E-state index contributed by atoms with van der Waals surface area (Å²) in [5.74, 6) is 0. The van der Waals surface area contributed by atoms with Crippen LogP contribution in [0.4, 0.5) is 0 Å². The molecule has 0 aromatic heterocycles. The Bertz CT molecular complexity index is 193. The van der Waals surface area contributed by atoms with Crippen LogP contribution >= 0.6 is 0 Å². The predicted molar refractivity (Wildman–Crippen MR) is 85.5 cm³/mol. The first-order chi connectivity index (χ1) is 8.74. The fourth-order valence-corrected chi connectivity index (χ4v) is 13.9. The molecule has 1 nitrogen and oxygen atoms in total. The summed E-state index contributed by atoms with van der Waals surface area (Å²) >= 11 is -2.38. The fraction of sp³-hybridized carbons (Fsp3) is 0.875. The third kappa shape index (κ3) is 8.57. The van der Waals surface area contributed by atoms with E-state index in [2.05, 4.69) is 37.9 Å². The van der Waals surface area contributed by atoms with E-state index in [1.54, 1.807) is 0 Å². The summed E-state index contributed by atoms with van der Waals surface area (Å²) in [5, 5.41) is 0. The van der Waals surface area contributed by atoms with Gasteiger partial charge in [0, 0.05) is 0 Å². The number of hydrogen-bond acceptors (Lipinski definition) is 1. The second-order valence-electron chi connectivity index (χ2n) is 5.25. The Hall–Kier alpha value is 0.499. The van der Waals surface area contributed by atoms with Gasteiger partial charge in [-0.3, -0.25) is 0 Å². The molecule has 0 aromatic carbocycles. The van der Waals surface area contributed by atoms with Crippen LogP contribution in [-0.2, 0) is 3.07 Å². The van der Waals surface area contributed by atoms with Gasteiger partial charge in [0.25, 0.3) is 0 Å². The van der Waals surface area contributed by atoms with Gasteiger partial charge in [0.1, 0.15) is 0 Å². The quantitative estimate of drug-likeness (QED) is 0.313. The molecule has 0 spiro atoms. The van der Waals surface area contributed by atoms with Gasteiger partial charge in [-0.15, -0.1) is 0 Å². The van der Waals surface area contributed by atoms with Crippen molar-refractivity contribution in [2.45, 2.75) is 81.5 Å². The van der Waals surface area contributed by atoms with E-state index in [-0.39, 0.29) is 0 Å². The Kier molecular flexibility index (Phi) is 12.9. The molecule has 0 rings (SSSR count). The molecule has 0 saturated heterocycles. The first-order valence-electron chi connectivity index (χ1n) is 8.06. The monoisotopic (exact) mass is 362 g/mol. The average molecular weight is 361 g/mol. The maximum absolute atomic E-state index is 6.34. The zero-order valence-electron chi connectivity index (χ0n) is 13.1. The number of rotatable bonds is 12. The van der Waals surface area contributed by atoms with Gasteiger partial charge >= 0.3 is 120 Å². The first-order valence-corrected chi connectivity index (χ1v) is 14.9. The van der Waals surface area contributed by atoms with Crippen LogP contribution in [-0.4, -0.2) is 25.4 Å². The van der Waals surface area contributed by atoms with Crippen LogP contribution in [0.15, 0.2) is 10.2 Å². The van der Waals surface area contributed by atoms with Crippen LogP contribution in [0.2, 0.25) is 8.87 Å². The van der Waals surface area contributed by atoms with Gasteiger partial charge in [-0.25, -0.2) is 0 Å². The van der Waals surface area contributed by atoms with Crippen LogP contribution in [0.1, 0.15) is 72.6 Å². The molecule has 0 aliphatic carbocycles. The topological polar surface area (TPSA) is 9.23 Å². The van der Waals surface area contributed by atoms with E-state index in [1.165, 1.54) is 53.8 Å². The molecular weight excluding hydrogens is 327 g/mol. The third-order valence-electron chi connectivity index (χ3n) is 3.48. The minimum atomic E-state index is -2.38. The van der Waals surface area contributed by atoms with Crippen LogP contribution in [0, 0.1) is 0 Å². The summed E-state index contributed by atoms with van der Waals surface area (Å²) in [6.45, 7) is 9.94. The molecule has 108 valence electrons. The van der Waals surface area contributed by atoms with Crippen LogP contribution < -0.4 is 0 Å². The molecule has 0 saturated carbocycles. The second-order valence-corrected chi connectivity index (χ2v) is 16.0. The van der Waals surface area contributed by atoms with Crippen LogP contribution in [0.3, 0.4) is 0 Å². The SMILES string of the molecule is CCCCC=[CH][Sn]([CH2]CCC)([CH2]CCC)[O]CC. The molecule has 0 heterocycles. The van der Waals surface area contributed by atoms with Gasteiger partial charge in [0.05, 0.1) is 0 Å². The molecule has 0 amide bonds. The molecule has 0 N–H and O–H groups in total. The van der Waals surface area contributed by atoms with Crippen molar-refractivity contribution in [2.75, 3.05) is 6.61 Å². The fourth-order valence-electron chi connectivity index (χ4n) is 2.34. The summed E-state index contributed by atoms with van der Waals surface area (Å²) in [6.07, 6.45) is 11.6. The zero-order valence-corrected chi connectivity index (χ0v) is 16.0. The van der Waals surface area contributed by atoms with E-state index >= 15 is 0 Å². The molecule has 0 bridgehead atoms. The van der Waals surface area contributed by atoms with Crippen molar-refractivity contribution < 1.29 is 3.07 Å². The molecule has 0 aromatic rings. The van der Waals surface area contributed by atoms with E-state index < -0.39 is 18.8 Å². The normalized spacial score (nSPS) is 12.4. The Labute approximate surface area is 120 Å². The van der Waals surface area contributed by atoms with Gasteiger partial charge in [0.15, 0.2) is 0 Å². The second kappa shape index (κ2) is 12.5. The van der Waals surface area contributed by atoms with Crippen LogP contribution in [0.25, 0.3) is 0 Å².